The van der Waals surface area contributed by atoms with Crippen LogP contribution < -0.4 is 10.2 Å². The molecule has 0 saturated carbocycles. The second kappa shape index (κ2) is 8.10. The van der Waals surface area contributed by atoms with Crippen molar-refractivity contribution in [3.63, 3.8) is 0 Å². The summed E-state index contributed by atoms with van der Waals surface area (Å²) in [5.74, 6) is 0.924. The Balaban J connectivity index is 1.56. The minimum Gasteiger partial charge on any atom is -0.392 e. The van der Waals surface area contributed by atoms with Crippen LogP contribution in [0.4, 0.5) is 5.82 Å². The summed E-state index contributed by atoms with van der Waals surface area (Å²) in [6.07, 6.45) is 9.16. The van der Waals surface area contributed by atoms with Gasteiger partial charge in [-0.05, 0) is 31.4 Å². The molecule has 2 aromatic heterocycles. The first-order chi connectivity index (χ1) is 13.7. The average molecular weight is 397 g/mol. The van der Waals surface area contributed by atoms with Crippen molar-refractivity contribution in [3.8, 4) is 10.6 Å². The number of thiazole rings is 1. The van der Waals surface area contributed by atoms with Gasteiger partial charge in [0.05, 0.1) is 11.4 Å². The summed E-state index contributed by atoms with van der Waals surface area (Å²) in [4.78, 5) is 26.9. The van der Waals surface area contributed by atoms with Gasteiger partial charge in [0.2, 0.25) is 0 Å². The standard InChI is InChI=1S/C20H24N6OS/c1-22-13-15(11-21)26-10-7-16-18(20(26)27)28-19(24-16)14-5-6-17(23-12-14)25-8-3-2-4-9-25/h5-6,11-13,21-22H,2-4,7-10H2,1H3/b15-13+,21-11?. The molecule has 28 heavy (non-hydrogen) atoms. The molecule has 0 radical (unpaired) electrons. The lowest BCUT2D eigenvalue weighted by atomic mass is 10.1. The summed E-state index contributed by atoms with van der Waals surface area (Å²) in [5, 5.41) is 11.3. The molecule has 1 fully saturated rings. The number of aromatic nitrogens is 2. The molecule has 2 N–H and O–H groups in total. The van der Waals surface area contributed by atoms with E-state index in [2.05, 4.69) is 21.3 Å². The highest BCUT2D eigenvalue weighted by Gasteiger charge is 2.30. The number of hydrogen-bond donors (Lipinski definition) is 2. The third-order valence-corrected chi connectivity index (χ3v) is 6.27. The van der Waals surface area contributed by atoms with Gasteiger partial charge in [-0.15, -0.1) is 11.3 Å². The highest BCUT2D eigenvalue weighted by Crippen LogP contribution is 2.33. The van der Waals surface area contributed by atoms with Crippen molar-refractivity contribution in [2.45, 2.75) is 25.7 Å². The van der Waals surface area contributed by atoms with E-state index in [9.17, 15) is 4.79 Å². The first-order valence-corrected chi connectivity index (χ1v) is 10.4. The molecule has 4 heterocycles. The molecule has 4 rings (SSSR count). The van der Waals surface area contributed by atoms with E-state index >= 15 is 0 Å². The molecule has 8 heteroatoms. The van der Waals surface area contributed by atoms with Crippen molar-refractivity contribution in [2.75, 3.05) is 31.6 Å². The van der Waals surface area contributed by atoms with Gasteiger partial charge in [-0.2, -0.15) is 0 Å². The number of nitrogens with one attached hydrogen (secondary N) is 2. The molecule has 2 aromatic rings. The maximum atomic E-state index is 12.9. The molecule has 0 aliphatic carbocycles. The second-order valence-electron chi connectivity index (χ2n) is 6.96. The Morgan fingerprint density at radius 2 is 2.07 bits per heavy atom. The second-order valence-corrected chi connectivity index (χ2v) is 7.96. The molecule has 146 valence electrons. The van der Waals surface area contributed by atoms with Crippen LogP contribution in [-0.2, 0) is 6.42 Å². The van der Waals surface area contributed by atoms with Gasteiger partial charge in [0.25, 0.3) is 5.91 Å². The predicted octanol–water partition coefficient (Wildman–Crippen LogP) is 2.90. The third-order valence-electron chi connectivity index (χ3n) is 5.14. The molecule has 0 spiro atoms. The van der Waals surface area contributed by atoms with Crippen LogP contribution in [0.5, 0.6) is 0 Å². The van der Waals surface area contributed by atoms with Gasteiger partial charge in [-0.25, -0.2) is 9.97 Å². The van der Waals surface area contributed by atoms with Crippen LogP contribution in [0, 0.1) is 5.41 Å². The lowest BCUT2D eigenvalue weighted by molar-refractivity contribution is 0.0804. The number of fused-ring (bicyclic) bond motifs is 1. The number of carbonyl (C=O) groups excluding carboxylic acids is 1. The van der Waals surface area contributed by atoms with E-state index < -0.39 is 0 Å². The number of pyridine rings is 1. The Morgan fingerprint density at radius 1 is 1.25 bits per heavy atom. The smallest absolute Gasteiger partial charge is 0.270 e. The molecular weight excluding hydrogens is 372 g/mol. The molecule has 0 aromatic carbocycles. The highest BCUT2D eigenvalue weighted by atomic mass is 32.1. The van der Waals surface area contributed by atoms with Crippen LogP contribution in [0.1, 0.15) is 34.6 Å². The van der Waals surface area contributed by atoms with E-state index in [4.69, 9.17) is 10.4 Å². The highest BCUT2D eigenvalue weighted by molar-refractivity contribution is 7.17. The van der Waals surface area contributed by atoms with Crippen molar-refractivity contribution < 1.29 is 4.79 Å². The molecule has 0 bridgehead atoms. The SMILES string of the molecule is CN/C=C(\C=N)N1CCc2nc(-c3ccc(N4CCCCC4)nc3)sc2C1=O. The first kappa shape index (κ1) is 18.6. The van der Waals surface area contributed by atoms with E-state index in [1.54, 1.807) is 18.1 Å². The molecule has 7 nitrogen and oxygen atoms in total. The molecule has 0 atom stereocenters. The summed E-state index contributed by atoms with van der Waals surface area (Å²) < 4.78 is 0. The van der Waals surface area contributed by atoms with Crippen LogP contribution in [0.3, 0.4) is 0 Å². The monoisotopic (exact) mass is 396 g/mol. The van der Waals surface area contributed by atoms with E-state index in [1.165, 1.54) is 36.8 Å². The van der Waals surface area contributed by atoms with Crippen molar-refractivity contribution in [1.29, 1.82) is 5.41 Å². The lowest BCUT2D eigenvalue weighted by Crippen LogP contribution is -2.37. The fourth-order valence-electron chi connectivity index (χ4n) is 3.67. The van der Waals surface area contributed by atoms with Gasteiger partial charge in [-0.1, -0.05) is 0 Å². The number of rotatable bonds is 5. The summed E-state index contributed by atoms with van der Waals surface area (Å²) in [5.41, 5.74) is 2.34. The maximum Gasteiger partial charge on any atom is 0.270 e. The predicted molar refractivity (Wildman–Crippen MR) is 112 cm³/mol. The molecule has 2 aliphatic heterocycles. The fraction of sp³-hybridized carbons (Fsp3) is 0.400. The van der Waals surface area contributed by atoms with Crippen molar-refractivity contribution in [1.82, 2.24) is 20.2 Å². The maximum absolute atomic E-state index is 12.9. The van der Waals surface area contributed by atoms with Crippen molar-refractivity contribution in [2.24, 2.45) is 0 Å². The Bertz CT molecular complexity index is 898. The van der Waals surface area contributed by atoms with Crippen LogP contribution in [0.25, 0.3) is 10.6 Å². The van der Waals surface area contributed by atoms with Gasteiger partial charge in [-0.3, -0.25) is 4.79 Å². The zero-order valence-corrected chi connectivity index (χ0v) is 16.8. The van der Waals surface area contributed by atoms with Crippen LogP contribution in [0.2, 0.25) is 0 Å². The normalized spacial score (nSPS) is 17.5. The topological polar surface area (TPSA) is 85.2 Å². The van der Waals surface area contributed by atoms with Gasteiger partial charge >= 0.3 is 0 Å². The minimum atomic E-state index is -0.0899. The Labute approximate surface area is 168 Å². The molecule has 1 amide bonds. The van der Waals surface area contributed by atoms with Gasteiger partial charge < -0.3 is 20.5 Å². The minimum absolute atomic E-state index is 0.0899. The van der Waals surface area contributed by atoms with Crippen LogP contribution in [0.15, 0.2) is 30.2 Å². The first-order valence-electron chi connectivity index (χ1n) is 9.62. The van der Waals surface area contributed by atoms with E-state index in [0.29, 0.717) is 23.5 Å². The zero-order valence-electron chi connectivity index (χ0n) is 15.9. The summed E-state index contributed by atoms with van der Waals surface area (Å²) in [6, 6.07) is 4.10. The number of amides is 1. The number of allylic oxidation sites excluding steroid dienone is 1. The van der Waals surface area contributed by atoms with E-state index in [1.807, 2.05) is 12.3 Å². The van der Waals surface area contributed by atoms with Crippen molar-refractivity contribution >= 4 is 29.3 Å². The quantitative estimate of drug-likeness (QED) is 0.759. The molecule has 2 aliphatic rings. The molecular formula is C20H24N6OS. The average Bonchev–Trinajstić information content (AvgIpc) is 3.19. The van der Waals surface area contributed by atoms with Gasteiger partial charge in [0.15, 0.2) is 0 Å². The summed E-state index contributed by atoms with van der Waals surface area (Å²) in [6.45, 7) is 2.67. The van der Waals surface area contributed by atoms with E-state index in [-0.39, 0.29) is 5.91 Å². The Hall–Kier alpha value is -2.74. The number of anilines is 1. The van der Waals surface area contributed by atoms with Crippen LogP contribution >= 0.6 is 11.3 Å². The summed E-state index contributed by atoms with van der Waals surface area (Å²) >= 11 is 1.41. The van der Waals surface area contributed by atoms with Crippen molar-refractivity contribution in [3.05, 3.63) is 40.8 Å². The Kier molecular flexibility index (Phi) is 5.38. The largest absolute Gasteiger partial charge is 0.392 e. The molecule has 1 saturated heterocycles. The number of carbonyl (C=O) groups is 1. The summed E-state index contributed by atoms with van der Waals surface area (Å²) in [7, 11) is 1.76. The van der Waals surface area contributed by atoms with Gasteiger partial charge in [0.1, 0.15) is 15.7 Å². The zero-order chi connectivity index (χ0) is 19.5. The lowest BCUT2D eigenvalue weighted by Gasteiger charge is -2.27. The third kappa shape index (κ3) is 3.52. The fourth-order valence-corrected chi connectivity index (χ4v) is 4.72. The van der Waals surface area contributed by atoms with Crippen LogP contribution in [-0.4, -0.2) is 53.7 Å². The molecule has 0 unspecified atom stereocenters. The number of nitrogens with zero attached hydrogens (tertiary/aromatic N) is 4. The van der Waals surface area contributed by atoms with Gasteiger partial charge in [0, 0.05) is 57.3 Å². The number of hydrogen-bond acceptors (Lipinski definition) is 7. The van der Waals surface area contributed by atoms with E-state index in [0.717, 1.165) is 35.2 Å². The Morgan fingerprint density at radius 3 is 2.75 bits per heavy atom. The number of piperidine rings is 1.